The third-order valence-corrected chi connectivity index (χ3v) is 6.03. The zero-order valence-electron chi connectivity index (χ0n) is 17.8. The van der Waals surface area contributed by atoms with E-state index in [0.717, 1.165) is 6.42 Å². The van der Waals surface area contributed by atoms with Crippen LogP contribution in [0.5, 0.6) is 0 Å². The predicted octanol–water partition coefficient (Wildman–Crippen LogP) is 7.85. The first-order valence-corrected chi connectivity index (χ1v) is 10.3. The molecule has 0 aliphatic heterocycles. The van der Waals surface area contributed by atoms with Gasteiger partial charge in [-0.05, 0) is 89.8 Å². The molecule has 0 heterocycles. The molecule has 0 aliphatic carbocycles. The van der Waals surface area contributed by atoms with E-state index in [1.54, 1.807) is 0 Å². The topological polar surface area (TPSA) is 0 Å². The monoisotopic (exact) mass is 376 g/mol. The Morgan fingerprint density at radius 3 is 1.24 bits per heavy atom. The van der Waals surface area contributed by atoms with Gasteiger partial charge in [-0.25, -0.2) is 0 Å². The molecular formula is C29H28. The van der Waals surface area contributed by atoms with E-state index in [1.165, 1.54) is 55.6 Å². The fourth-order valence-corrected chi connectivity index (χ4v) is 4.14. The van der Waals surface area contributed by atoms with Crippen LogP contribution in [0.4, 0.5) is 0 Å². The lowest BCUT2D eigenvalue weighted by Gasteiger charge is -2.15. The van der Waals surface area contributed by atoms with Crippen LogP contribution in [0.2, 0.25) is 0 Å². The first-order valence-electron chi connectivity index (χ1n) is 10.3. The average molecular weight is 377 g/mol. The van der Waals surface area contributed by atoms with Crippen LogP contribution >= 0.6 is 0 Å². The molecule has 4 rings (SSSR count). The summed E-state index contributed by atoms with van der Waals surface area (Å²) in [5, 5.41) is 0. The highest BCUT2D eigenvalue weighted by molar-refractivity contribution is 5.71. The van der Waals surface area contributed by atoms with Crippen molar-refractivity contribution < 1.29 is 0 Å². The van der Waals surface area contributed by atoms with Gasteiger partial charge in [-0.1, -0.05) is 84.9 Å². The van der Waals surface area contributed by atoms with Crippen LogP contribution in [-0.4, -0.2) is 0 Å². The van der Waals surface area contributed by atoms with Gasteiger partial charge in [0.2, 0.25) is 0 Å². The Labute approximate surface area is 174 Å². The predicted molar refractivity (Wildman–Crippen MR) is 126 cm³/mol. The molecule has 4 aromatic rings. The molecule has 0 N–H and O–H groups in total. The van der Waals surface area contributed by atoms with Gasteiger partial charge in [0.25, 0.3) is 0 Å². The summed E-state index contributed by atoms with van der Waals surface area (Å²) < 4.78 is 0. The zero-order chi connectivity index (χ0) is 20.4. The maximum atomic E-state index is 2.37. The summed E-state index contributed by atoms with van der Waals surface area (Å²) in [5.41, 5.74) is 13.4. The fraction of sp³-hybridized carbons (Fsp3) is 0.172. The van der Waals surface area contributed by atoms with Gasteiger partial charge in [-0.3, -0.25) is 0 Å². The summed E-state index contributed by atoms with van der Waals surface area (Å²) >= 11 is 0. The van der Waals surface area contributed by atoms with E-state index in [0.29, 0.717) is 0 Å². The lowest BCUT2D eigenvalue weighted by Crippen LogP contribution is -1.97. The summed E-state index contributed by atoms with van der Waals surface area (Å²) in [6.07, 6.45) is 0.946. The largest absolute Gasteiger partial charge is 0.0622 e. The van der Waals surface area contributed by atoms with Crippen LogP contribution in [0.1, 0.15) is 33.4 Å². The van der Waals surface area contributed by atoms with Crippen molar-refractivity contribution in [2.45, 2.75) is 34.1 Å². The minimum Gasteiger partial charge on any atom is -0.0622 e. The fourth-order valence-electron chi connectivity index (χ4n) is 4.14. The zero-order valence-corrected chi connectivity index (χ0v) is 17.8. The van der Waals surface area contributed by atoms with Crippen LogP contribution in [0, 0.1) is 27.7 Å². The molecule has 4 aromatic carbocycles. The molecule has 0 saturated heterocycles. The Morgan fingerprint density at radius 2 is 0.862 bits per heavy atom. The second kappa shape index (κ2) is 8.09. The standard InChI is InChI=1S/C29H28/c1-20-15-24(18-28(22(20)3)26-11-7-5-8-12-26)17-25-16-21(2)23(4)29(19-25)27-13-9-6-10-14-27/h5-16,18-19H,17H2,1-4H3. The first kappa shape index (κ1) is 19.2. The molecule has 0 saturated carbocycles. The smallest absolute Gasteiger partial charge is 0.00251 e. The molecule has 0 heteroatoms. The number of benzene rings is 4. The summed E-state index contributed by atoms with van der Waals surface area (Å²) in [4.78, 5) is 0. The lowest BCUT2D eigenvalue weighted by molar-refractivity contribution is 1.15. The van der Waals surface area contributed by atoms with Gasteiger partial charge in [0.1, 0.15) is 0 Å². The third kappa shape index (κ3) is 4.03. The van der Waals surface area contributed by atoms with Crippen molar-refractivity contribution in [2.24, 2.45) is 0 Å². The van der Waals surface area contributed by atoms with Gasteiger partial charge >= 0.3 is 0 Å². The van der Waals surface area contributed by atoms with Crippen LogP contribution in [0.15, 0.2) is 84.9 Å². The molecule has 0 radical (unpaired) electrons. The van der Waals surface area contributed by atoms with Crippen LogP contribution in [0.3, 0.4) is 0 Å². The number of aryl methyl sites for hydroxylation is 2. The van der Waals surface area contributed by atoms with Crippen LogP contribution < -0.4 is 0 Å². The normalized spacial score (nSPS) is 10.9. The Bertz CT molecular complexity index is 1040. The third-order valence-electron chi connectivity index (χ3n) is 6.03. The van der Waals surface area contributed by atoms with Crippen molar-refractivity contribution in [1.82, 2.24) is 0 Å². The molecule has 29 heavy (non-hydrogen) atoms. The van der Waals surface area contributed by atoms with E-state index in [4.69, 9.17) is 0 Å². The quantitative estimate of drug-likeness (QED) is 0.340. The molecule has 0 atom stereocenters. The molecule has 0 unspecified atom stereocenters. The maximum Gasteiger partial charge on any atom is -0.00251 e. The lowest BCUT2D eigenvalue weighted by atomic mass is 9.89. The Kier molecular flexibility index (Phi) is 5.36. The maximum absolute atomic E-state index is 2.37. The minimum absolute atomic E-state index is 0.946. The highest BCUT2D eigenvalue weighted by atomic mass is 14.1. The van der Waals surface area contributed by atoms with Gasteiger partial charge in [0, 0.05) is 0 Å². The highest BCUT2D eigenvalue weighted by Gasteiger charge is 2.10. The molecule has 0 amide bonds. The van der Waals surface area contributed by atoms with Gasteiger partial charge in [-0.2, -0.15) is 0 Å². The van der Waals surface area contributed by atoms with Crippen molar-refractivity contribution in [3.63, 3.8) is 0 Å². The molecule has 0 nitrogen and oxygen atoms in total. The van der Waals surface area contributed by atoms with Crippen molar-refractivity contribution in [3.8, 4) is 22.3 Å². The molecule has 144 valence electrons. The van der Waals surface area contributed by atoms with Gasteiger partial charge in [0.15, 0.2) is 0 Å². The van der Waals surface area contributed by atoms with Crippen molar-refractivity contribution >= 4 is 0 Å². The van der Waals surface area contributed by atoms with E-state index >= 15 is 0 Å². The molecule has 0 bridgehead atoms. The van der Waals surface area contributed by atoms with Crippen LogP contribution in [-0.2, 0) is 6.42 Å². The molecule has 0 aliphatic rings. The Hall–Kier alpha value is -3.12. The first-order chi connectivity index (χ1) is 14.0. The molecule has 0 spiro atoms. The van der Waals surface area contributed by atoms with Gasteiger partial charge in [0.05, 0.1) is 0 Å². The highest BCUT2D eigenvalue weighted by Crippen LogP contribution is 2.31. The SMILES string of the molecule is Cc1cc(Cc2cc(C)c(C)c(-c3ccccc3)c2)cc(-c2ccccc2)c1C. The Balaban J connectivity index is 1.75. The second-order valence-corrected chi connectivity index (χ2v) is 8.08. The van der Waals surface area contributed by atoms with Crippen molar-refractivity contribution in [3.05, 3.63) is 118 Å². The number of hydrogen-bond donors (Lipinski definition) is 0. The van der Waals surface area contributed by atoms with Crippen molar-refractivity contribution in [2.75, 3.05) is 0 Å². The van der Waals surface area contributed by atoms with E-state index < -0.39 is 0 Å². The molecule has 0 aromatic heterocycles. The van der Waals surface area contributed by atoms with E-state index in [1.807, 2.05) is 0 Å². The average Bonchev–Trinajstić information content (AvgIpc) is 2.74. The van der Waals surface area contributed by atoms with E-state index in [-0.39, 0.29) is 0 Å². The number of hydrogen-bond acceptors (Lipinski definition) is 0. The summed E-state index contributed by atoms with van der Waals surface area (Å²) in [7, 11) is 0. The summed E-state index contributed by atoms with van der Waals surface area (Å²) in [6, 6.07) is 30.9. The second-order valence-electron chi connectivity index (χ2n) is 8.08. The van der Waals surface area contributed by atoms with E-state index in [9.17, 15) is 0 Å². The minimum atomic E-state index is 0.946. The summed E-state index contributed by atoms with van der Waals surface area (Å²) in [6.45, 7) is 8.90. The van der Waals surface area contributed by atoms with E-state index in [2.05, 4.69) is 113 Å². The van der Waals surface area contributed by atoms with Gasteiger partial charge < -0.3 is 0 Å². The van der Waals surface area contributed by atoms with Crippen molar-refractivity contribution in [1.29, 1.82) is 0 Å². The summed E-state index contributed by atoms with van der Waals surface area (Å²) in [5.74, 6) is 0. The number of rotatable bonds is 4. The molecular weight excluding hydrogens is 348 g/mol. The van der Waals surface area contributed by atoms with Gasteiger partial charge in [-0.15, -0.1) is 0 Å². The van der Waals surface area contributed by atoms with Crippen LogP contribution in [0.25, 0.3) is 22.3 Å². The molecule has 0 fully saturated rings. The Morgan fingerprint density at radius 1 is 0.483 bits per heavy atom.